The number of anilines is 1. The van der Waals surface area contributed by atoms with Crippen LogP contribution in [-0.4, -0.2) is 51.3 Å². The summed E-state index contributed by atoms with van der Waals surface area (Å²) in [4.78, 5) is 25.7. The molecule has 1 aromatic heterocycles. The summed E-state index contributed by atoms with van der Waals surface area (Å²) < 4.78 is 1.79. The van der Waals surface area contributed by atoms with E-state index in [9.17, 15) is 9.59 Å². The zero-order valence-corrected chi connectivity index (χ0v) is 18.5. The number of nitrogens with one attached hydrogen (secondary N) is 1. The van der Waals surface area contributed by atoms with Gasteiger partial charge in [-0.2, -0.15) is 0 Å². The van der Waals surface area contributed by atoms with E-state index in [1.54, 1.807) is 42.0 Å². The minimum absolute atomic E-state index is 0.0298. The van der Waals surface area contributed by atoms with Gasteiger partial charge in [0.2, 0.25) is 11.8 Å². The van der Waals surface area contributed by atoms with E-state index >= 15 is 0 Å². The predicted molar refractivity (Wildman–Crippen MR) is 119 cm³/mol. The van der Waals surface area contributed by atoms with E-state index in [1.165, 1.54) is 11.8 Å². The summed E-state index contributed by atoms with van der Waals surface area (Å²) in [6.45, 7) is 1.94. The smallest absolute Gasteiger partial charge is 0.234 e. The molecule has 0 aliphatic heterocycles. The monoisotopic (exact) mass is 443 g/mol. The number of likely N-dealkylation sites (N-methyl/N-ethyl adjacent to an activating group) is 1. The molecule has 0 saturated carbocycles. The molecule has 0 radical (unpaired) electrons. The van der Waals surface area contributed by atoms with E-state index in [1.807, 2.05) is 37.3 Å². The number of amides is 2. The van der Waals surface area contributed by atoms with Crippen LogP contribution < -0.4 is 5.32 Å². The molecule has 7 nitrogen and oxygen atoms in total. The Morgan fingerprint density at radius 1 is 1.17 bits per heavy atom. The summed E-state index contributed by atoms with van der Waals surface area (Å²) in [6, 6.07) is 12.9. The number of carbonyl (C=O) groups excluding carboxylic acids is 2. The van der Waals surface area contributed by atoms with Gasteiger partial charge in [0.05, 0.1) is 17.9 Å². The largest absolute Gasteiger partial charge is 0.349 e. The van der Waals surface area contributed by atoms with Crippen molar-refractivity contribution in [3.8, 4) is 5.69 Å². The van der Waals surface area contributed by atoms with Crippen molar-refractivity contribution in [2.24, 2.45) is 0 Å². The molecule has 0 spiro atoms. The van der Waals surface area contributed by atoms with Gasteiger partial charge in [-0.25, -0.2) is 0 Å². The van der Waals surface area contributed by atoms with Gasteiger partial charge in [0, 0.05) is 24.8 Å². The summed E-state index contributed by atoms with van der Waals surface area (Å²) in [5, 5.41) is 12.1. The van der Waals surface area contributed by atoms with E-state index in [0.29, 0.717) is 22.3 Å². The van der Waals surface area contributed by atoms with Gasteiger partial charge in [-0.05, 0) is 42.3 Å². The Balaban J connectivity index is 1.57. The number of aromatic nitrogens is 3. The maximum absolute atomic E-state index is 12.3. The molecule has 1 heterocycles. The fourth-order valence-corrected chi connectivity index (χ4v) is 3.50. The van der Waals surface area contributed by atoms with Crippen molar-refractivity contribution in [3.63, 3.8) is 0 Å². The Bertz CT molecular complexity index is 1050. The minimum Gasteiger partial charge on any atom is -0.349 e. The van der Waals surface area contributed by atoms with Crippen LogP contribution in [0.4, 0.5) is 5.69 Å². The molecular weight excluding hydrogens is 422 g/mol. The number of halogens is 1. The zero-order valence-electron chi connectivity index (χ0n) is 16.9. The summed E-state index contributed by atoms with van der Waals surface area (Å²) in [5.74, 6) is 0.0508. The third-order valence-electron chi connectivity index (χ3n) is 4.37. The number of hydrogen-bond acceptors (Lipinski definition) is 5. The summed E-state index contributed by atoms with van der Waals surface area (Å²) >= 11 is 7.49. The van der Waals surface area contributed by atoms with Crippen LogP contribution in [0, 0.1) is 6.92 Å². The molecule has 0 aliphatic rings. The van der Waals surface area contributed by atoms with Crippen LogP contribution in [0.3, 0.4) is 0 Å². The lowest BCUT2D eigenvalue weighted by atomic mass is 10.1. The highest BCUT2D eigenvalue weighted by molar-refractivity contribution is 7.99. The summed E-state index contributed by atoms with van der Waals surface area (Å²) in [6.07, 6.45) is 1.92. The molecule has 3 aromatic rings. The maximum Gasteiger partial charge on any atom is 0.234 e. The van der Waals surface area contributed by atoms with Crippen molar-refractivity contribution in [2.45, 2.75) is 18.5 Å². The van der Waals surface area contributed by atoms with Crippen LogP contribution in [0.1, 0.15) is 11.1 Å². The highest BCUT2D eigenvalue weighted by Gasteiger charge is 2.12. The molecule has 9 heteroatoms. The first-order valence-corrected chi connectivity index (χ1v) is 10.6. The Morgan fingerprint density at radius 3 is 2.57 bits per heavy atom. The average molecular weight is 444 g/mol. The van der Waals surface area contributed by atoms with Gasteiger partial charge < -0.3 is 10.2 Å². The zero-order chi connectivity index (χ0) is 21.7. The lowest BCUT2D eigenvalue weighted by molar-refractivity contribution is -0.128. The van der Waals surface area contributed by atoms with Crippen LogP contribution >= 0.6 is 23.4 Å². The van der Waals surface area contributed by atoms with Crippen molar-refractivity contribution in [2.75, 3.05) is 25.2 Å². The highest BCUT2D eigenvalue weighted by atomic mass is 35.5. The molecule has 0 saturated heterocycles. The number of nitrogens with zero attached hydrogens (tertiary/aromatic N) is 4. The second kappa shape index (κ2) is 9.77. The van der Waals surface area contributed by atoms with E-state index in [-0.39, 0.29) is 17.6 Å². The lowest BCUT2D eigenvalue weighted by Gasteiger charge is -2.11. The molecule has 30 heavy (non-hydrogen) atoms. The first-order valence-electron chi connectivity index (χ1n) is 9.22. The van der Waals surface area contributed by atoms with Crippen LogP contribution in [0.25, 0.3) is 5.69 Å². The van der Waals surface area contributed by atoms with E-state index < -0.39 is 0 Å². The number of rotatable bonds is 7. The third kappa shape index (κ3) is 5.61. The highest BCUT2D eigenvalue weighted by Crippen LogP contribution is 2.24. The van der Waals surface area contributed by atoms with Crippen LogP contribution in [0.15, 0.2) is 53.9 Å². The van der Waals surface area contributed by atoms with E-state index in [2.05, 4.69) is 15.5 Å². The Labute approximate surface area is 184 Å². The maximum atomic E-state index is 12.3. The number of aryl methyl sites for hydroxylation is 1. The second-order valence-electron chi connectivity index (χ2n) is 6.92. The summed E-state index contributed by atoms with van der Waals surface area (Å²) in [5.41, 5.74) is 3.39. The van der Waals surface area contributed by atoms with E-state index in [0.717, 1.165) is 16.8 Å². The quantitative estimate of drug-likeness (QED) is 0.564. The number of benzene rings is 2. The van der Waals surface area contributed by atoms with E-state index in [4.69, 9.17) is 11.6 Å². The molecule has 1 N–H and O–H groups in total. The van der Waals surface area contributed by atoms with Crippen molar-refractivity contribution in [1.82, 2.24) is 19.7 Å². The summed E-state index contributed by atoms with van der Waals surface area (Å²) in [7, 11) is 3.45. The van der Waals surface area contributed by atoms with Crippen molar-refractivity contribution in [1.29, 1.82) is 0 Å². The molecule has 156 valence electrons. The van der Waals surface area contributed by atoms with Crippen LogP contribution in [0.5, 0.6) is 0 Å². The van der Waals surface area contributed by atoms with Gasteiger partial charge in [-0.3, -0.25) is 14.2 Å². The normalized spacial score (nSPS) is 10.7. The number of thioether (sulfide) groups is 1. The predicted octanol–water partition coefficient (Wildman–Crippen LogP) is 3.59. The Hall–Kier alpha value is -2.84. The van der Waals surface area contributed by atoms with Crippen molar-refractivity contribution < 1.29 is 9.59 Å². The fourth-order valence-electron chi connectivity index (χ4n) is 2.60. The van der Waals surface area contributed by atoms with Crippen molar-refractivity contribution in [3.05, 3.63) is 64.9 Å². The molecule has 0 unspecified atom stereocenters. The lowest BCUT2D eigenvalue weighted by Crippen LogP contribution is -2.23. The van der Waals surface area contributed by atoms with Crippen LogP contribution in [0.2, 0.25) is 5.02 Å². The Morgan fingerprint density at radius 2 is 1.90 bits per heavy atom. The first-order chi connectivity index (χ1) is 14.3. The molecular formula is C21H22ClN5O2S. The molecule has 0 bridgehead atoms. The van der Waals surface area contributed by atoms with Gasteiger partial charge in [0.25, 0.3) is 0 Å². The standard InChI is InChI=1S/C21H22ClN5O2S/c1-14-4-9-17(11-18(14)22)27-13-23-25-21(27)30-12-19(28)24-16-7-5-15(6-8-16)10-20(29)26(2)3/h4-9,11,13H,10,12H2,1-3H3,(H,24,28). The topological polar surface area (TPSA) is 80.1 Å². The third-order valence-corrected chi connectivity index (χ3v) is 5.72. The molecule has 0 fully saturated rings. The number of hydrogen-bond donors (Lipinski definition) is 1. The van der Waals surface area contributed by atoms with Gasteiger partial charge in [-0.15, -0.1) is 10.2 Å². The second-order valence-corrected chi connectivity index (χ2v) is 8.27. The number of carbonyl (C=O) groups is 2. The van der Waals surface area contributed by atoms with Gasteiger partial charge in [-0.1, -0.05) is 41.6 Å². The SMILES string of the molecule is Cc1ccc(-n2cnnc2SCC(=O)Nc2ccc(CC(=O)N(C)C)cc2)cc1Cl. The van der Waals surface area contributed by atoms with Gasteiger partial charge >= 0.3 is 0 Å². The molecule has 3 rings (SSSR count). The molecule has 2 aromatic carbocycles. The minimum atomic E-state index is -0.159. The Kier molecular flexibility index (Phi) is 7.12. The van der Waals surface area contributed by atoms with Crippen molar-refractivity contribution >= 4 is 40.9 Å². The average Bonchev–Trinajstić information content (AvgIpc) is 3.18. The van der Waals surface area contributed by atoms with Gasteiger partial charge in [0.1, 0.15) is 6.33 Å². The molecule has 0 aliphatic carbocycles. The fraction of sp³-hybridized carbons (Fsp3) is 0.238. The first kappa shape index (κ1) is 21.9. The molecule has 0 atom stereocenters. The van der Waals surface area contributed by atoms with Crippen LogP contribution in [-0.2, 0) is 16.0 Å². The van der Waals surface area contributed by atoms with Gasteiger partial charge in [0.15, 0.2) is 5.16 Å². The molecule has 2 amide bonds.